The standard InChI is InChI=1S/C18H25F3O/c1-4-13(2)14-9-11-15(12-10-14)17(3,18(19,20)21)22-16-7-5-6-8-16/h9-13,16H,4-8H2,1-3H3. The van der Waals surface area contributed by atoms with E-state index in [1.165, 1.54) is 0 Å². The number of ether oxygens (including phenoxy) is 1. The van der Waals surface area contributed by atoms with Crippen LogP contribution in [0.1, 0.15) is 69.9 Å². The van der Waals surface area contributed by atoms with Crippen LogP contribution in [-0.2, 0) is 10.3 Å². The van der Waals surface area contributed by atoms with Crippen LogP contribution >= 0.6 is 0 Å². The van der Waals surface area contributed by atoms with Gasteiger partial charge in [-0.15, -0.1) is 0 Å². The monoisotopic (exact) mass is 314 g/mol. The minimum atomic E-state index is -4.42. The maximum Gasteiger partial charge on any atom is 0.421 e. The van der Waals surface area contributed by atoms with Crippen molar-refractivity contribution in [2.45, 2.75) is 76.7 Å². The molecule has 0 spiro atoms. The van der Waals surface area contributed by atoms with Crippen LogP contribution in [0.5, 0.6) is 0 Å². The largest absolute Gasteiger partial charge is 0.421 e. The van der Waals surface area contributed by atoms with Gasteiger partial charge in [0.15, 0.2) is 5.60 Å². The molecule has 0 amide bonds. The molecule has 0 aliphatic heterocycles. The molecule has 1 aliphatic carbocycles. The van der Waals surface area contributed by atoms with E-state index >= 15 is 0 Å². The predicted octanol–water partition coefficient (Wildman–Crippen LogP) is 5.94. The fraction of sp³-hybridized carbons (Fsp3) is 0.667. The van der Waals surface area contributed by atoms with Crippen LogP contribution < -0.4 is 0 Å². The Balaban J connectivity index is 2.28. The summed E-state index contributed by atoms with van der Waals surface area (Å²) < 4.78 is 46.5. The Morgan fingerprint density at radius 1 is 1.14 bits per heavy atom. The van der Waals surface area contributed by atoms with Gasteiger partial charge in [0.25, 0.3) is 0 Å². The van der Waals surface area contributed by atoms with Crippen LogP contribution in [0.2, 0.25) is 0 Å². The molecule has 2 atom stereocenters. The molecule has 22 heavy (non-hydrogen) atoms. The third-order valence-corrected chi connectivity index (χ3v) is 4.89. The van der Waals surface area contributed by atoms with E-state index in [1.807, 2.05) is 0 Å². The predicted molar refractivity (Wildman–Crippen MR) is 81.9 cm³/mol. The zero-order valence-corrected chi connectivity index (χ0v) is 13.5. The number of benzene rings is 1. The van der Waals surface area contributed by atoms with Crippen molar-refractivity contribution in [1.82, 2.24) is 0 Å². The minimum absolute atomic E-state index is 0.193. The molecule has 1 aromatic carbocycles. The topological polar surface area (TPSA) is 9.23 Å². The van der Waals surface area contributed by atoms with E-state index < -0.39 is 11.8 Å². The lowest BCUT2D eigenvalue weighted by Crippen LogP contribution is -2.44. The summed E-state index contributed by atoms with van der Waals surface area (Å²) in [4.78, 5) is 0. The highest BCUT2D eigenvalue weighted by molar-refractivity contribution is 5.30. The van der Waals surface area contributed by atoms with E-state index in [0.29, 0.717) is 5.92 Å². The zero-order valence-electron chi connectivity index (χ0n) is 13.5. The second kappa shape index (κ2) is 6.61. The van der Waals surface area contributed by atoms with Crippen molar-refractivity contribution < 1.29 is 17.9 Å². The molecule has 0 bridgehead atoms. The first-order valence-corrected chi connectivity index (χ1v) is 8.13. The third kappa shape index (κ3) is 3.48. The Hall–Kier alpha value is -1.03. The number of rotatable bonds is 5. The summed E-state index contributed by atoms with van der Waals surface area (Å²) in [6.07, 6.45) is -0.410. The molecule has 0 radical (unpaired) electrons. The quantitative estimate of drug-likeness (QED) is 0.654. The molecule has 4 heteroatoms. The first-order valence-electron chi connectivity index (χ1n) is 8.13. The van der Waals surface area contributed by atoms with Gasteiger partial charge >= 0.3 is 6.18 Å². The van der Waals surface area contributed by atoms with E-state index in [4.69, 9.17) is 4.74 Å². The molecule has 1 fully saturated rings. The normalized spacial score (nSPS) is 20.8. The van der Waals surface area contributed by atoms with Crippen LogP contribution in [0.3, 0.4) is 0 Å². The lowest BCUT2D eigenvalue weighted by molar-refractivity contribution is -0.290. The highest BCUT2D eigenvalue weighted by Gasteiger charge is 2.54. The lowest BCUT2D eigenvalue weighted by atomic mass is 9.91. The highest BCUT2D eigenvalue weighted by Crippen LogP contribution is 2.44. The van der Waals surface area contributed by atoms with Gasteiger partial charge in [-0.25, -0.2) is 0 Å². The third-order valence-electron chi connectivity index (χ3n) is 4.89. The van der Waals surface area contributed by atoms with Gasteiger partial charge in [0.05, 0.1) is 6.10 Å². The van der Waals surface area contributed by atoms with Crippen LogP contribution in [0.25, 0.3) is 0 Å². The maximum absolute atomic E-state index is 13.6. The molecule has 1 nitrogen and oxygen atoms in total. The summed E-state index contributed by atoms with van der Waals surface area (Å²) in [6, 6.07) is 6.74. The lowest BCUT2D eigenvalue weighted by Gasteiger charge is -2.35. The molecule has 1 aromatic rings. The van der Waals surface area contributed by atoms with Crippen LogP contribution in [0, 0.1) is 0 Å². The number of alkyl halides is 3. The maximum atomic E-state index is 13.6. The fourth-order valence-corrected chi connectivity index (χ4v) is 3.00. The van der Waals surface area contributed by atoms with E-state index in [1.54, 1.807) is 24.3 Å². The first-order chi connectivity index (χ1) is 10.3. The highest BCUT2D eigenvalue weighted by atomic mass is 19.4. The Morgan fingerprint density at radius 2 is 1.68 bits per heavy atom. The Bertz CT molecular complexity index is 474. The number of hydrogen-bond donors (Lipinski definition) is 0. The Kier molecular flexibility index (Phi) is 5.21. The smallest absolute Gasteiger partial charge is 0.358 e. The van der Waals surface area contributed by atoms with Crippen LogP contribution in [0.15, 0.2) is 24.3 Å². The van der Waals surface area contributed by atoms with E-state index in [9.17, 15) is 13.2 Å². The van der Waals surface area contributed by atoms with Crippen LogP contribution in [-0.4, -0.2) is 12.3 Å². The summed E-state index contributed by atoms with van der Waals surface area (Å²) in [7, 11) is 0. The van der Waals surface area contributed by atoms with E-state index in [0.717, 1.165) is 44.6 Å². The van der Waals surface area contributed by atoms with Crippen molar-refractivity contribution >= 4 is 0 Å². The summed E-state index contributed by atoms with van der Waals surface area (Å²) in [5.41, 5.74) is -0.966. The Labute approximate surface area is 130 Å². The molecule has 1 aliphatic rings. The minimum Gasteiger partial charge on any atom is -0.358 e. The average molecular weight is 314 g/mol. The molecule has 0 aromatic heterocycles. The summed E-state index contributed by atoms with van der Waals surface area (Å²) >= 11 is 0. The molecule has 0 N–H and O–H groups in total. The molecule has 124 valence electrons. The summed E-state index contributed by atoms with van der Waals surface area (Å²) in [5, 5.41) is 0. The van der Waals surface area contributed by atoms with Crippen molar-refractivity contribution in [2.24, 2.45) is 0 Å². The molecular weight excluding hydrogens is 289 g/mol. The zero-order chi connectivity index (χ0) is 16.4. The second-order valence-electron chi connectivity index (χ2n) is 6.49. The summed E-state index contributed by atoms with van der Waals surface area (Å²) in [6.45, 7) is 5.30. The molecule has 0 heterocycles. The van der Waals surface area contributed by atoms with Gasteiger partial charge in [0, 0.05) is 0 Å². The SMILES string of the molecule is CCC(C)c1ccc(C(C)(OC2CCCC2)C(F)(F)F)cc1. The van der Waals surface area contributed by atoms with Gasteiger partial charge in [-0.2, -0.15) is 13.2 Å². The van der Waals surface area contributed by atoms with Gasteiger partial charge in [-0.3, -0.25) is 0 Å². The molecule has 0 saturated heterocycles. The van der Waals surface area contributed by atoms with E-state index in [2.05, 4.69) is 13.8 Å². The van der Waals surface area contributed by atoms with Crippen LogP contribution in [0.4, 0.5) is 13.2 Å². The number of hydrogen-bond acceptors (Lipinski definition) is 1. The van der Waals surface area contributed by atoms with Gasteiger partial charge in [0.2, 0.25) is 0 Å². The van der Waals surface area contributed by atoms with Gasteiger partial charge < -0.3 is 4.74 Å². The molecule has 2 unspecified atom stereocenters. The van der Waals surface area contributed by atoms with Crippen molar-refractivity contribution in [3.8, 4) is 0 Å². The van der Waals surface area contributed by atoms with Gasteiger partial charge in [0.1, 0.15) is 0 Å². The van der Waals surface area contributed by atoms with Crippen molar-refractivity contribution in [1.29, 1.82) is 0 Å². The molecular formula is C18H25F3O. The number of halogens is 3. The van der Waals surface area contributed by atoms with Crippen molar-refractivity contribution in [2.75, 3.05) is 0 Å². The average Bonchev–Trinajstić information content (AvgIpc) is 2.98. The second-order valence-corrected chi connectivity index (χ2v) is 6.49. The fourth-order valence-electron chi connectivity index (χ4n) is 3.00. The van der Waals surface area contributed by atoms with Crippen molar-refractivity contribution in [3.05, 3.63) is 35.4 Å². The molecule has 1 saturated carbocycles. The van der Waals surface area contributed by atoms with Gasteiger partial charge in [-0.1, -0.05) is 51.0 Å². The van der Waals surface area contributed by atoms with Gasteiger partial charge in [-0.05, 0) is 43.2 Å². The van der Waals surface area contributed by atoms with E-state index in [-0.39, 0.29) is 11.7 Å². The first kappa shape index (κ1) is 17.3. The summed E-state index contributed by atoms with van der Waals surface area (Å²) in [5.74, 6) is 0.349. The van der Waals surface area contributed by atoms with Crippen molar-refractivity contribution in [3.63, 3.8) is 0 Å². The molecule has 2 rings (SSSR count). The Morgan fingerprint density at radius 3 is 2.14 bits per heavy atom.